The predicted molar refractivity (Wildman–Crippen MR) is 103 cm³/mol. The number of carbonyl (C=O) groups is 1. The fraction of sp³-hybridized carbons (Fsp3) is 0.316. The summed E-state index contributed by atoms with van der Waals surface area (Å²) in [6.45, 7) is 0.432. The molecule has 1 fully saturated rings. The summed E-state index contributed by atoms with van der Waals surface area (Å²) in [5.41, 5.74) is 1.88. The van der Waals surface area contributed by atoms with Crippen molar-refractivity contribution in [2.24, 2.45) is 0 Å². The number of benzene rings is 2. The topological polar surface area (TPSA) is 59.0 Å². The lowest BCUT2D eigenvalue weighted by Gasteiger charge is -2.28. The number of carboxylic acid groups (broad SMARTS) is 1. The van der Waals surface area contributed by atoms with Crippen LogP contribution in [-0.2, 0) is 11.3 Å². The van der Waals surface area contributed by atoms with Crippen molar-refractivity contribution in [1.29, 1.82) is 0 Å². The Kier molecular flexibility index (Phi) is 5.96. The second-order valence-corrected chi connectivity index (χ2v) is 7.49. The van der Waals surface area contributed by atoms with Gasteiger partial charge in [0.05, 0.1) is 19.6 Å². The van der Waals surface area contributed by atoms with Crippen LogP contribution in [-0.4, -0.2) is 42.0 Å². The van der Waals surface area contributed by atoms with Crippen LogP contribution in [0.25, 0.3) is 0 Å². The van der Waals surface area contributed by atoms with Crippen LogP contribution in [0.3, 0.4) is 0 Å². The van der Waals surface area contributed by atoms with E-state index in [1.165, 1.54) is 0 Å². The van der Waals surface area contributed by atoms with Gasteiger partial charge in [0, 0.05) is 22.9 Å². The van der Waals surface area contributed by atoms with Crippen molar-refractivity contribution >= 4 is 29.3 Å². The maximum atomic E-state index is 11.8. The number of methoxy groups -OCH3 is 2. The molecule has 3 rings (SSSR count). The summed E-state index contributed by atoms with van der Waals surface area (Å²) < 4.78 is 10.8. The molecule has 2 atom stereocenters. The van der Waals surface area contributed by atoms with E-state index in [2.05, 4.69) is 0 Å². The van der Waals surface area contributed by atoms with Crippen LogP contribution in [0.5, 0.6) is 11.5 Å². The molecular weight excluding hydrogens is 374 g/mol. The SMILES string of the molecule is COc1ccc(OC)c(CN2C(C(=O)O)CSC2c2cccc(Cl)c2)c1. The fourth-order valence-corrected chi connectivity index (χ4v) is 4.74. The van der Waals surface area contributed by atoms with E-state index in [-0.39, 0.29) is 5.37 Å². The fourth-order valence-electron chi connectivity index (χ4n) is 3.09. The first-order valence-corrected chi connectivity index (χ1v) is 9.52. The number of hydrogen-bond donors (Lipinski definition) is 1. The molecule has 0 saturated carbocycles. The van der Waals surface area contributed by atoms with Crippen LogP contribution in [0.4, 0.5) is 0 Å². The quantitative estimate of drug-likeness (QED) is 0.798. The highest BCUT2D eigenvalue weighted by atomic mass is 35.5. The molecule has 5 nitrogen and oxygen atoms in total. The molecule has 7 heteroatoms. The zero-order valence-corrected chi connectivity index (χ0v) is 16.1. The van der Waals surface area contributed by atoms with E-state index in [0.29, 0.717) is 28.8 Å². The molecule has 0 bridgehead atoms. The number of halogens is 1. The van der Waals surface area contributed by atoms with Gasteiger partial charge in [-0.05, 0) is 35.9 Å². The maximum Gasteiger partial charge on any atom is 0.321 e. The van der Waals surface area contributed by atoms with Crippen molar-refractivity contribution in [3.05, 3.63) is 58.6 Å². The van der Waals surface area contributed by atoms with E-state index in [4.69, 9.17) is 21.1 Å². The molecule has 1 N–H and O–H groups in total. The average molecular weight is 394 g/mol. The smallest absolute Gasteiger partial charge is 0.321 e. The predicted octanol–water partition coefficient (Wildman–Crippen LogP) is 4.06. The van der Waals surface area contributed by atoms with Crippen LogP contribution in [0.2, 0.25) is 5.02 Å². The largest absolute Gasteiger partial charge is 0.497 e. The Morgan fingerprint density at radius 1 is 1.27 bits per heavy atom. The zero-order chi connectivity index (χ0) is 18.7. The van der Waals surface area contributed by atoms with Gasteiger partial charge in [-0.3, -0.25) is 9.69 Å². The van der Waals surface area contributed by atoms with E-state index in [1.54, 1.807) is 26.0 Å². The highest BCUT2D eigenvalue weighted by Crippen LogP contribution is 2.43. The van der Waals surface area contributed by atoms with E-state index in [0.717, 1.165) is 11.1 Å². The van der Waals surface area contributed by atoms with Crippen molar-refractivity contribution in [3.8, 4) is 11.5 Å². The molecule has 0 radical (unpaired) electrons. The Morgan fingerprint density at radius 3 is 2.73 bits per heavy atom. The lowest BCUT2D eigenvalue weighted by molar-refractivity contribution is -0.142. The second-order valence-electron chi connectivity index (χ2n) is 5.94. The summed E-state index contributed by atoms with van der Waals surface area (Å²) in [4.78, 5) is 13.8. The third kappa shape index (κ3) is 3.92. The number of aliphatic carboxylic acids is 1. The summed E-state index contributed by atoms with van der Waals surface area (Å²) in [5.74, 6) is 1.10. The molecule has 1 saturated heterocycles. The molecule has 1 aliphatic heterocycles. The lowest BCUT2D eigenvalue weighted by atomic mass is 10.1. The molecule has 26 heavy (non-hydrogen) atoms. The molecule has 138 valence electrons. The van der Waals surface area contributed by atoms with Crippen LogP contribution in [0, 0.1) is 0 Å². The van der Waals surface area contributed by atoms with Crippen LogP contribution < -0.4 is 9.47 Å². The minimum absolute atomic E-state index is 0.0919. The van der Waals surface area contributed by atoms with E-state index in [1.807, 2.05) is 47.4 Å². The minimum Gasteiger partial charge on any atom is -0.497 e. The van der Waals surface area contributed by atoms with Crippen LogP contribution in [0.15, 0.2) is 42.5 Å². The van der Waals surface area contributed by atoms with E-state index in [9.17, 15) is 9.90 Å². The number of thioether (sulfide) groups is 1. The maximum absolute atomic E-state index is 11.8. The summed E-state index contributed by atoms with van der Waals surface area (Å²) in [7, 11) is 3.21. The highest BCUT2D eigenvalue weighted by Gasteiger charge is 2.39. The van der Waals surface area contributed by atoms with Crippen molar-refractivity contribution in [3.63, 3.8) is 0 Å². The van der Waals surface area contributed by atoms with Crippen molar-refractivity contribution in [1.82, 2.24) is 4.90 Å². The molecule has 1 heterocycles. The summed E-state index contributed by atoms with van der Waals surface area (Å²) in [5, 5.41) is 10.2. The summed E-state index contributed by atoms with van der Waals surface area (Å²) in [6, 6.07) is 12.5. The summed E-state index contributed by atoms with van der Waals surface area (Å²) >= 11 is 7.74. The monoisotopic (exact) mass is 393 g/mol. The third-order valence-electron chi connectivity index (χ3n) is 4.37. The first-order valence-electron chi connectivity index (χ1n) is 8.10. The van der Waals surface area contributed by atoms with Crippen molar-refractivity contribution in [2.45, 2.75) is 18.0 Å². The van der Waals surface area contributed by atoms with Crippen molar-refractivity contribution in [2.75, 3.05) is 20.0 Å². The van der Waals surface area contributed by atoms with Gasteiger partial charge in [0.25, 0.3) is 0 Å². The van der Waals surface area contributed by atoms with Gasteiger partial charge in [-0.1, -0.05) is 23.7 Å². The van der Waals surface area contributed by atoms with Gasteiger partial charge in [-0.25, -0.2) is 0 Å². The standard InChI is InChI=1S/C19H20ClNO4S/c1-24-15-6-7-17(25-2)13(9-15)10-21-16(19(22)23)11-26-18(21)12-4-3-5-14(20)8-12/h3-9,16,18H,10-11H2,1-2H3,(H,22,23). The molecule has 1 aliphatic rings. The van der Waals surface area contributed by atoms with Gasteiger partial charge in [0.1, 0.15) is 17.5 Å². The lowest BCUT2D eigenvalue weighted by Crippen LogP contribution is -2.38. The van der Waals surface area contributed by atoms with Gasteiger partial charge >= 0.3 is 5.97 Å². The molecule has 2 aromatic rings. The van der Waals surface area contributed by atoms with Crippen LogP contribution in [0.1, 0.15) is 16.5 Å². The number of ether oxygens (including phenoxy) is 2. The van der Waals surface area contributed by atoms with Crippen molar-refractivity contribution < 1.29 is 19.4 Å². The molecule has 2 aromatic carbocycles. The minimum atomic E-state index is -0.830. The Hall–Kier alpha value is -1.89. The molecule has 0 aliphatic carbocycles. The van der Waals surface area contributed by atoms with Gasteiger partial charge in [-0.2, -0.15) is 0 Å². The molecule has 0 amide bonds. The zero-order valence-electron chi connectivity index (χ0n) is 14.5. The molecule has 0 spiro atoms. The second kappa shape index (κ2) is 8.20. The molecular formula is C19H20ClNO4S. The third-order valence-corrected chi connectivity index (χ3v) is 5.97. The molecule has 0 aromatic heterocycles. The normalized spacial score (nSPS) is 20.1. The number of carboxylic acids is 1. The number of rotatable bonds is 6. The van der Waals surface area contributed by atoms with Gasteiger partial charge in [0.2, 0.25) is 0 Å². The van der Waals surface area contributed by atoms with Gasteiger partial charge < -0.3 is 14.6 Å². The van der Waals surface area contributed by atoms with Crippen LogP contribution >= 0.6 is 23.4 Å². The summed E-state index contributed by atoms with van der Waals surface area (Å²) in [6.07, 6.45) is 0. The number of hydrogen-bond acceptors (Lipinski definition) is 5. The Labute approximate surface area is 161 Å². The highest BCUT2D eigenvalue weighted by molar-refractivity contribution is 7.99. The Morgan fingerprint density at radius 2 is 2.08 bits per heavy atom. The van der Waals surface area contributed by atoms with E-state index < -0.39 is 12.0 Å². The number of nitrogens with zero attached hydrogens (tertiary/aromatic N) is 1. The average Bonchev–Trinajstić information content (AvgIpc) is 3.05. The first-order chi connectivity index (χ1) is 12.5. The van der Waals surface area contributed by atoms with Gasteiger partial charge in [0.15, 0.2) is 0 Å². The van der Waals surface area contributed by atoms with E-state index >= 15 is 0 Å². The first kappa shape index (κ1) is 18.9. The van der Waals surface area contributed by atoms with Gasteiger partial charge in [-0.15, -0.1) is 11.8 Å². The Balaban J connectivity index is 1.96. The molecule has 2 unspecified atom stereocenters. The Bertz CT molecular complexity index is 801.